The summed E-state index contributed by atoms with van der Waals surface area (Å²) < 4.78 is 70.8. The molecule has 0 saturated carbocycles. The van der Waals surface area contributed by atoms with Gasteiger partial charge in [-0.2, -0.15) is 13.2 Å². The zero-order chi connectivity index (χ0) is 25.8. The zero-order valence-corrected chi connectivity index (χ0v) is 19.8. The summed E-state index contributed by atoms with van der Waals surface area (Å²) in [5, 5.41) is 0. The molecule has 0 aromatic heterocycles. The number of nitrogens with two attached hydrogens (primary N) is 1. The molecule has 190 valence electrons. The molecule has 2 aromatic carbocycles. The molecule has 0 unspecified atom stereocenters. The second-order valence-electron chi connectivity index (χ2n) is 8.18. The van der Waals surface area contributed by atoms with Crippen LogP contribution in [0.5, 0.6) is 5.75 Å². The Labute approximate surface area is 201 Å². The molecule has 1 saturated heterocycles. The fraction of sp³-hybridized carbons (Fsp3) is 0.391. The van der Waals surface area contributed by atoms with Gasteiger partial charge in [-0.05, 0) is 54.5 Å². The summed E-state index contributed by atoms with van der Waals surface area (Å²) in [5.74, 6) is -2.44. The Morgan fingerprint density at radius 1 is 1.11 bits per heavy atom. The number of benzene rings is 2. The minimum absolute atomic E-state index is 0.0374. The SMILES string of the molecule is COc1ccc(C(N)=O)cc1S(=O)(=O)NCCc1ccc(C2CCN(C(=O)C(F)(F)F)CC2)cc1. The average Bonchev–Trinajstić information content (AvgIpc) is 2.83. The lowest BCUT2D eigenvalue weighted by atomic mass is 9.89. The second kappa shape index (κ2) is 10.6. The first-order chi connectivity index (χ1) is 16.4. The van der Waals surface area contributed by atoms with Crippen LogP contribution in [0.4, 0.5) is 13.2 Å². The number of alkyl halides is 3. The number of hydrogen-bond donors (Lipinski definition) is 2. The lowest BCUT2D eigenvalue weighted by Crippen LogP contribution is -2.45. The maximum absolute atomic E-state index is 12.7. The number of hydrogen-bond acceptors (Lipinski definition) is 5. The summed E-state index contributed by atoms with van der Waals surface area (Å²) in [6, 6.07) is 11.3. The van der Waals surface area contributed by atoms with E-state index in [0.29, 0.717) is 19.3 Å². The molecule has 0 spiro atoms. The van der Waals surface area contributed by atoms with Crippen LogP contribution in [0.15, 0.2) is 47.4 Å². The van der Waals surface area contributed by atoms with Gasteiger partial charge in [0, 0.05) is 25.2 Å². The summed E-state index contributed by atoms with van der Waals surface area (Å²) in [7, 11) is -2.66. The Morgan fingerprint density at radius 2 is 1.74 bits per heavy atom. The molecule has 1 aliphatic rings. The van der Waals surface area contributed by atoms with Crippen molar-refractivity contribution >= 4 is 21.8 Å². The van der Waals surface area contributed by atoms with Crippen molar-refractivity contribution in [3.05, 3.63) is 59.2 Å². The second-order valence-corrected chi connectivity index (χ2v) is 9.92. The third-order valence-corrected chi connectivity index (χ3v) is 7.40. The normalized spacial score (nSPS) is 15.1. The molecule has 0 radical (unpaired) electrons. The summed E-state index contributed by atoms with van der Waals surface area (Å²) in [6.45, 7) is 0.184. The summed E-state index contributed by atoms with van der Waals surface area (Å²) in [6.07, 6.45) is -3.60. The predicted octanol–water partition coefficient (Wildman–Crippen LogP) is 2.58. The van der Waals surface area contributed by atoms with Crippen molar-refractivity contribution in [2.24, 2.45) is 5.73 Å². The molecule has 3 rings (SSSR count). The summed E-state index contributed by atoms with van der Waals surface area (Å²) in [4.78, 5) is 23.4. The van der Waals surface area contributed by atoms with E-state index in [0.717, 1.165) is 22.1 Å². The fourth-order valence-electron chi connectivity index (χ4n) is 4.00. The minimum Gasteiger partial charge on any atom is -0.495 e. The monoisotopic (exact) mass is 513 g/mol. The van der Waals surface area contributed by atoms with E-state index in [2.05, 4.69) is 4.72 Å². The van der Waals surface area contributed by atoms with E-state index < -0.39 is 28.0 Å². The molecule has 2 amide bonds. The van der Waals surface area contributed by atoms with Crippen molar-refractivity contribution in [2.75, 3.05) is 26.7 Å². The molecule has 0 bridgehead atoms. The van der Waals surface area contributed by atoms with Crippen LogP contribution in [0.25, 0.3) is 0 Å². The quantitative estimate of drug-likeness (QED) is 0.563. The average molecular weight is 514 g/mol. The number of nitrogens with zero attached hydrogens (tertiary/aromatic N) is 1. The van der Waals surface area contributed by atoms with Gasteiger partial charge in [0.05, 0.1) is 7.11 Å². The molecular formula is C23H26F3N3O5S. The topological polar surface area (TPSA) is 119 Å². The molecular weight excluding hydrogens is 487 g/mol. The van der Waals surface area contributed by atoms with Crippen molar-refractivity contribution in [1.82, 2.24) is 9.62 Å². The fourth-order valence-corrected chi connectivity index (χ4v) is 5.22. The molecule has 8 nitrogen and oxygen atoms in total. The van der Waals surface area contributed by atoms with Crippen LogP contribution in [-0.2, 0) is 21.2 Å². The van der Waals surface area contributed by atoms with Crippen LogP contribution in [-0.4, -0.2) is 58.1 Å². The first-order valence-electron chi connectivity index (χ1n) is 10.8. The number of nitrogens with one attached hydrogen (secondary N) is 1. The van der Waals surface area contributed by atoms with Gasteiger partial charge in [0.15, 0.2) is 0 Å². The van der Waals surface area contributed by atoms with E-state index >= 15 is 0 Å². The molecule has 1 heterocycles. The maximum Gasteiger partial charge on any atom is 0.471 e. The number of carbonyl (C=O) groups excluding carboxylic acids is 2. The predicted molar refractivity (Wildman–Crippen MR) is 121 cm³/mol. The molecule has 12 heteroatoms. The number of halogens is 3. The number of sulfonamides is 1. The number of likely N-dealkylation sites (tertiary alicyclic amines) is 1. The molecule has 35 heavy (non-hydrogen) atoms. The Bertz CT molecular complexity index is 1180. The van der Waals surface area contributed by atoms with Crippen molar-refractivity contribution in [3.63, 3.8) is 0 Å². The number of amides is 2. The molecule has 2 aromatic rings. The van der Waals surface area contributed by atoms with Gasteiger partial charge in [-0.15, -0.1) is 0 Å². The highest BCUT2D eigenvalue weighted by atomic mass is 32.2. The minimum atomic E-state index is -4.86. The van der Waals surface area contributed by atoms with Crippen molar-refractivity contribution in [2.45, 2.75) is 36.3 Å². The van der Waals surface area contributed by atoms with Crippen LogP contribution < -0.4 is 15.2 Å². The number of primary amides is 1. The molecule has 1 fully saturated rings. The number of rotatable bonds is 8. The van der Waals surface area contributed by atoms with Crippen molar-refractivity contribution in [1.29, 1.82) is 0 Å². The smallest absolute Gasteiger partial charge is 0.471 e. The van der Waals surface area contributed by atoms with Gasteiger partial charge in [-0.25, -0.2) is 13.1 Å². The Kier molecular flexibility index (Phi) is 8.06. The third-order valence-electron chi connectivity index (χ3n) is 5.92. The van der Waals surface area contributed by atoms with Gasteiger partial charge in [0.2, 0.25) is 15.9 Å². The Morgan fingerprint density at radius 3 is 2.29 bits per heavy atom. The lowest BCUT2D eigenvalue weighted by molar-refractivity contribution is -0.186. The van der Waals surface area contributed by atoms with E-state index in [1.807, 2.05) is 24.3 Å². The van der Waals surface area contributed by atoms with Crippen LogP contribution >= 0.6 is 0 Å². The van der Waals surface area contributed by atoms with Gasteiger partial charge < -0.3 is 15.4 Å². The number of methoxy groups -OCH3 is 1. The number of carbonyl (C=O) groups is 2. The summed E-state index contributed by atoms with van der Waals surface area (Å²) >= 11 is 0. The largest absolute Gasteiger partial charge is 0.495 e. The highest BCUT2D eigenvalue weighted by Crippen LogP contribution is 2.30. The Hall–Kier alpha value is -3.12. The first-order valence-corrected chi connectivity index (χ1v) is 12.3. The molecule has 1 aliphatic heterocycles. The van der Waals surface area contributed by atoms with Gasteiger partial charge in [0.25, 0.3) is 0 Å². The van der Waals surface area contributed by atoms with E-state index in [9.17, 15) is 31.2 Å². The maximum atomic E-state index is 12.7. The van der Waals surface area contributed by atoms with Crippen molar-refractivity contribution in [3.8, 4) is 5.75 Å². The van der Waals surface area contributed by atoms with E-state index in [-0.39, 0.29) is 41.8 Å². The standard InChI is InChI=1S/C23H26F3N3O5S/c1-34-19-7-6-18(21(27)30)14-20(19)35(32,33)28-11-8-15-2-4-16(5-3-15)17-9-12-29(13-10-17)22(31)23(24,25)26/h2-7,14,17,28H,8-13H2,1H3,(H2,27,30). The van der Waals surface area contributed by atoms with Crippen LogP contribution in [0.1, 0.15) is 40.2 Å². The van der Waals surface area contributed by atoms with E-state index in [1.54, 1.807) is 0 Å². The van der Waals surface area contributed by atoms with Gasteiger partial charge in [0.1, 0.15) is 10.6 Å². The summed E-state index contributed by atoms with van der Waals surface area (Å²) in [5.41, 5.74) is 7.10. The first kappa shape index (κ1) is 26.5. The zero-order valence-electron chi connectivity index (χ0n) is 19.0. The van der Waals surface area contributed by atoms with Gasteiger partial charge in [-0.1, -0.05) is 24.3 Å². The molecule has 0 aliphatic carbocycles. The van der Waals surface area contributed by atoms with Crippen molar-refractivity contribution < 1.29 is 35.9 Å². The van der Waals surface area contributed by atoms with E-state index in [4.69, 9.17) is 10.5 Å². The highest BCUT2D eigenvalue weighted by molar-refractivity contribution is 7.89. The van der Waals surface area contributed by atoms with E-state index in [1.165, 1.54) is 19.2 Å². The van der Waals surface area contributed by atoms with Crippen LogP contribution in [0, 0.1) is 0 Å². The van der Waals surface area contributed by atoms with Gasteiger partial charge >= 0.3 is 12.1 Å². The molecule has 3 N–H and O–H groups in total. The third kappa shape index (κ3) is 6.51. The number of piperidine rings is 1. The number of ether oxygens (including phenoxy) is 1. The lowest BCUT2D eigenvalue weighted by Gasteiger charge is -2.32. The molecule has 0 atom stereocenters. The van der Waals surface area contributed by atoms with Gasteiger partial charge in [-0.3, -0.25) is 9.59 Å². The Balaban J connectivity index is 1.56. The van der Waals surface area contributed by atoms with Crippen LogP contribution in [0.3, 0.4) is 0 Å². The highest BCUT2D eigenvalue weighted by Gasteiger charge is 2.43. The van der Waals surface area contributed by atoms with Crippen LogP contribution in [0.2, 0.25) is 0 Å².